The molecule has 0 aliphatic carbocycles. The van der Waals surface area contributed by atoms with Crippen molar-refractivity contribution in [3.8, 4) is 0 Å². The summed E-state index contributed by atoms with van der Waals surface area (Å²) in [5.74, 6) is -0.0600. The maximum Gasteiger partial charge on any atom is 0.261 e. The van der Waals surface area contributed by atoms with Crippen LogP contribution < -0.4 is 0 Å². The van der Waals surface area contributed by atoms with Crippen LogP contribution in [0.5, 0.6) is 0 Å². The van der Waals surface area contributed by atoms with Gasteiger partial charge < -0.3 is 14.5 Å². The number of rotatable bonds is 5. The van der Waals surface area contributed by atoms with Crippen molar-refractivity contribution < 1.29 is 23.1 Å². The fraction of sp³-hybridized carbons (Fsp3) is 0.846. The van der Waals surface area contributed by atoms with Crippen LogP contribution in [0.1, 0.15) is 25.7 Å². The Morgan fingerprint density at radius 2 is 2.05 bits per heavy atom. The van der Waals surface area contributed by atoms with E-state index in [9.17, 15) is 18.4 Å². The average molecular weight is 290 g/mol. The van der Waals surface area contributed by atoms with Gasteiger partial charge in [-0.15, -0.1) is 0 Å². The van der Waals surface area contributed by atoms with Gasteiger partial charge in [0.15, 0.2) is 0 Å². The summed E-state index contributed by atoms with van der Waals surface area (Å²) in [5, 5.41) is 0. The minimum absolute atomic E-state index is 0.0130. The van der Waals surface area contributed by atoms with Gasteiger partial charge in [-0.1, -0.05) is 0 Å². The van der Waals surface area contributed by atoms with Gasteiger partial charge in [0.05, 0.1) is 6.61 Å². The molecule has 114 valence electrons. The predicted octanol–water partition coefficient (Wildman–Crippen LogP) is 0.881. The second-order valence-corrected chi connectivity index (χ2v) is 5.14. The SMILES string of the molecule is O=C1C2CCCCN2C(=O)CCN1CCOCC(F)F. The van der Waals surface area contributed by atoms with Crippen LogP contribution in [-0.4, -0.2) is 66.9 Å². The van der Waals surface area contributed by atoms with E-state index in [-0.39, 0.29) is 31.0 Å². The van der Waals surface area contributed by atoms with Crippen LogP contribution in [-0.2, 0) is 14.3 Å². The highest BCUT2D eigenvalue weighted by Gasteiger charge is 2.37. The van der Waals surface area contributed by atoms with Crippen LogP contribution in [0.3, 0.4) is 0 Å². The van der Waals surface area contributed by atoms with Gasteiger partial charge in [0, 0.05) is 26.1 Å². The molecule has 2 heterocycles. The summed E-state index contributed by atoms with van der Waals surface area (Å²) < 4.78 is 28.7. The molecule has 2 rings (SSSR count). The number of hydrogen-bond donors (Lipinski definition) is 0. The van der Waals surface area contributed by atoms with Crippen LogP contribution in [0, 0.1) is 0 Å². The molecule has 0 aromatic rings. The molecule has 1 unspecified atom stereocenters. The van der Waals surface area contributed by atoms with E-state index in [1.165, 1.54) is 0 Å². The molecule has 0 radical (unpaired) electrons. The van der Waals surface area contributed by atoms with E-state index in [1.807, 2.05) is 0 Å². The number of alkyl halides is 2. The fourth-order valence-electron chi connectivity index (χ4n) is 2.75. The third-order valence-electron chi connectivity index (χ3n) is 3.76. The van der Waals surface area contributed by atoms with Crippen molar-refractivity contribution in [1.29, 1.82) is 0 Å². The highest BCUT2D eigenvalue weighted by Crippen LogP contribution is 2.22. The molecule has 5 nitrogen and oxygen atoms in total. The van der Waals surface area contributed by atoms with Gasteiger partial charge in [-0.3, -0.25) is 9.59 Å². The predicted molar refractivity (Wildman–Crippen MR) is 67.4 cm³/mol. The Morgan fingerprint density at radius 1 is 1.25 bits per heavy atom. The second-order valence-electron chi connectivity index (χ2n) is 5.14. The minimum atomic E-state index is -2.50. The number of halogens is 2. The number of nitrogens with zero attached hydrogens (tertiary/aromatic N) is 2. The van der Waals surface area contributed by atoms with Crippen molar-refractivity contribution in [2.24, 2.45) is 0 Å². The van der Waals surface area contributed by atoms with Gasteiger partial charge in [0.25, 0.3) is 6.43 Å². The third kappa shape index (κ3) is 3.65. The van der Waals surface area contributed by atoms with Gasteiger partial charge in [-0.2, -0.15) is 0 Å². The number of carbonyl (C=O) groups is 2. The Labute approximate surface area is 116 Å². The van der Waals surface area contributed by atoms with Crippen molar-refractivity contribution in [3.05, 3.63) is 0 Å². The van der Waals surface area contributed by atoms with Crippen LogP contribution in [0.2, 0.25) is 0 Å². The zero-order valence-corrected chi connectivity index (χ0v) is 11.4. The van der Waals surface area contributed by atoms with Crippen molar-refractivity contribution in [3.63, 3.8) is 0 Å². The molecular formula is C13H20F2N2O3. The topological polar surface area (TPSA) is 49.9 Å². The summed E-state index contributed by atoms with van der Waals surface area (Å²) >= 11 is 0. The van der Waals surface area contributed by atoms with Crippen LogP contribution in [0.15, 0.2) is 0 Å². The number of hydrogen-bond acceptors (Lipinski definition) is 3. The average Bonchev–Trinajstić information content (AvgIpc) is 2.55. The number of carbonyl (C=O) groups excluding carboxylic acids is 2. The molecule has 2 amide bonds. The lowest BCUT2D eigenvalue weighted by molar-refractivity contribution is -0.143. The molecular weight excluding hydrogens is 270 g/mol. The smallest absolute Gasteiger partial charge is 0.261 e. The van der Waals surface area contributed by atoms with Gasteiger partial charge in [-0.05, 0) is 19.3 Å². The molecule has 2 fully saturated rings. The molecule has 2 aliphatic heterocycles. The van der Waals surface area contributed by atoms with E-state index in [0.717, 1.165) is 12.8 Å². The van der Waals surface area contributed by atoms with Gasteiger partial charge in [0.2, 0.25) is 11.8 Å². The number of piperidine rings is 1. The Morgan fingerprint density at radius 3 is 2.80 bits per heavy atom. The first kappa shape index (κ1) is 15.2. The first-order valence-corrected chi connectivity index (χ1v) is 7.03. The molecule has 1 atom stereocenters. The molecule has 20 heavy (non-hydrogen) atoms. The van der Waals surface area contributed by atoms with Crippen LogP contribution >= 0.6 is 0 Å². The molecule has 2 aliphatic rings. The van der Waals surface area contributed by atoms with E-state index in [0.29, 0.717) is 25.9 Å². The zero-order chi connectivity index (χ0) is 14.5. The monoisotopic (exact) mass is 290 g/mol. The molecule has 2 saturated heterocycles. The number of fused-ring (bicyclic) bond motifs is 1. The Balaban J connectivity index is 1.90. The molecule has 0 saturated carbocycles. The lowest BCUT2D eigenvalue weighted by Gasteiger charge is -2.34. The van der Waals surface area contributed by atoms with Crippen molar-refractivity contribution in [2.75, 3.05) is 32.8 Å². The summed E-state index contributed by atoms with van der Waals surface area (Å²) in [6.07, 6.45) is 0.379. The maximum atomic E-state index is 12.4. The normalized spacial score (nSPS) is 24.1. The third-order valence-corrected chi connectivity index (χ3v) is 3.76. The molecule has 0 aromatic carbocycles. The van der Waals surface area contributed by atoms with Gasteiger partial charge in [-0.25, -0.2) is 8.78 Å². The lowest BCUT2D eigenvalue weighted by atomic mass is 10.0. The largest absolute Gasteiger partial charge is 0.374 e. The first-order valence-electron chi connectivity index (χ1n) is 7.03. The number of amides is 2. The number of ether oxygens (including phenoxy) is 1. The summed E-state index contributed by atoms with van der Waals surface area (Å²) in [4.78, 5) is 27.6. The van der Waals surface area contributed by atoms with E-state index in [2.05, 4.69) is 0 Å². The lowest BCUT2D eigenvalue weighted by Crippen LogP contribution is -2.50. The van der Waals surface area contributed by atoms with Crippen LogP contribution in [0.25, 0.3) is 0 Å². The van der Waals surface area contributed by atoms with Crippen molar-refractivity contribution in [2.45, 2.75) is 38.2 Å². The first-order chi connectivity index (χ1) is 9.59. The fourth-order valence-corrected chi connectivity index (χ4v) is 2.75. The quantitative estimate of drug-likeness (QED) is 0.706. The highest BCUT2D eigenvalue weighted by atomic mass is 19.3. The second kappa shape index (κ2) is 6.97. The van der Waals surface area contributed by atoms with E-state index in [1.54, 1.807) is 9.80 Å². The molecule has 0 bridgehead atoms. The Kier molecular flexibility index (Phi) is 5.28. The zero-order valence-electron chi connectivity index (χ0n) is 11.4. The molecule has 7 heteroatoms. The van der Waals surface area contributed by atoms with Crippen molar-refractivity contribution in [1.82, 2.24) is 9.80 Å². The Bertz CT molecular complexity index is 366. The van der Waals surface area contributed by atoms with Crippen LogP contribution in [0.4, 0.5) is 8.78 Å². The van der Waals surface area contributed by atoms with Gasteiger partial charge >= 0.3 is 0 Å². The van der Waals surface area contributed by atoms with Gasteiger partial charge in [0.1, 0.15) is 12.6 Å². The standard InChI is InChI=1S/C13H20F2N2O3/c14-11(15)9-20-8-7-16-6-4-12(18)17-5-2-1-3-10(17)13(16)19/h10-11H,1-9H2. The molecule has 0 N–H and O–H groups in total. The summed E-state index contributed by atoms with van der Waals surface area (Å²) in [7, 11) is 0. The summed E-state index contributed by atoms with van der Waals surface area (Å²) in [5.41, 5.74) is 0. The van der Waals surface area contributed by atoms with E-state index in [4.69, 9.17) is 4.74 Å². The van der Waals surface area contributed by atoms with E-state index >= 15 is 0 Å². The minimum Gasteiger partial charge on any atom is -0.374 e. The highest BCUT2D eigenvalue weighted by molar-refractivity contribution is 5.90. The van der Waals surface area contributed by atoms with Crippen molar-refractivity contribution >= 4 is 11.8 Å². The van der Waals surface area contributed by atoms with E-state index < -0.39 is 13.0 Å². The molecule has 0 aromatic heterocycles. The maximum absolute atomic E-state index is 12.4. The summed E-state index contributed by atoms with van der Waals surface area (Å²) in [6, 6.07) is -0.367. The molecule has 0 spiro atoms. The Hall–Kier alpha value is -1.24. The summed E-state index contributed by atoms with van der Waals surface area (Å²) in [6.45, 7) is 0.727.